The van der Waals surface area contributed by atoms with Gasteiger partial charge in [0.1, 0.15) is 17.5 Å². The van der Waals surface area contributed by atoms with E-state index in [0.29, 0.717) is 0 Å². The molecule has 2 rings (SSSR count). The van der Waals surface area contributed by atoms with Crippen LogP contribution >= 0.6 is 0 Å². The van der Waals surface area contributed by atoms with Crippen molar-refractivity contribution in [3.8, 4) is 0 Å². The first kappa shape index (κ1) is 25.9. The minimum Gasteiger partial charge on any atom is -0.467 e. The summed E-state index contributed by atoms with van der Waals surface area (Å²) in [6.45, 7) is 6.70. The number of amides is 1. The number of nitrogens with zero attached hydrogens (tertiary/aromatic N) is 2. The van der Waals surface area contributed by atoms with Crippen molar-refractivity contribution >= 4 is 17.9 Å². The van der Waals surface area contributed by atoms with Gasteiger partial charge in [-0.3, -0.25) is 0 Å². The predicted octanol–water partition coefficient (Wildman–Crippen LogP) is 4.28. The van der Waals surface area contributed by atoms with Gasteiger partial charge in [-0.15, -0.1) is 0 Å². The van der Waals surface area contributed by atoms with Gasteiger partial charge in [-0.05, 0) is 33.3 Å². The van der Waals surface area contributed by atoms with Crippen LogP contribution < -0.4 is 10.6 Å². The molecule has 0 radical (unpaired) electrons. The van der Waals surface area contributed by atoms with Crippen LogP contribution in [0.3, 0.4) is 0 Å². The van der Waals surface area contributed by atoms with E-state index in [2.05, 4.69) is 20.6 Å². The number of halogens is 3. The first-order valence-electron chi connectivity index (χ1n) is 10.1. The Morgan fingerprint density at radius 2 is 1.76 bits per heavy atom. The van der Waals surface area contributed by atoms with Gasteiger partial charge in [0.15, 0.2) is 0 Å². The maximum atomic E-state index is 13.2. The number of esters is 1. The lowest BCUT2D eigenvalue weighted by molar-refractivity contribution is -0.145. The van der Waals surface area contributed by atoms with Crippen LogP contribution in [-0.4, -0.2) is 40.8 Å². The highest BCUT2D eigenvalue weighted by atomic mass is 19.4. The summed E-state index contributed by atoms with van der Waals surface area (Å²) in [4.78, 5) is 31.5. The topological polar surface area (TPSA) is 102 Å². The number of rotatable bonds is 7. The van der Waals surface area contributed by atoms with Crippen molar-refractivity contribution in [2.75, 3.05) is 12.4 Å². The summed E-state index contributed by atoms with van der Waals surface area (Å²) in [5.41, 5.74) is 0.171. The molecule has 0 saturated carbocycles. The van der Waals surface area contributed by atoms with Crippen molar-refractivity contribution in [2.45, 2.75) is 58.0 Å². The number of anilines is 1. The fourth-order valence-electron chi connectivity index (χ4n) is 2.85. The van der Waals surface area contributed by atoms with Gasteiger partial charge in [0, 0.05) is 24.2 Å². The molecule has 0 bridgehead atoms. The van der Waals surface area contributed by atoms with Crippen LogP contribution in [0.15, 0.2) is 36.5 Å². The molecule has 0 saturated heterocycles. The Hall–Kier alpha value is -3.37. The number of benzene rings is 1. The summed E-state index contributed by atoms with van der Waals surface area (Å²) in [6.07, 6.45) is -4.89. The van der Waals surface area contributed by atoms with E-state index in [1.54, 1.807) is 39.8 Å². The summed E-state index contributed by atoms with van der Waals surface area (Å²) >= 11 is 0. The molecule has 33 heavy (non-hydrogen) atoms. The molecule has 11 heteroatoms. The molecule has 1 aromatic heterocycles. The number of nitrogens with one attached hydrogen (secondary N) is 2. The van der Waals surface area contributed by atoms with E-state index >= 15 is 0 Å². The first-order valence-corrected chi connectivity index (χ1v) is 10.1. The van der Waals surface area contributed by atoms with E-state index in [-0.39, 0.29) is 17.8 Å². The second-order valence-electron chi connectivity index (χ2n) is 8.27. The molecule has 180 valence electrons. The van der Waals surface area contributed by atoms with Crippen molar-refractivity contribution in [3.63, 3.8) is 0 Å². The highest BCUT2D eigenvalue weighted by Gasteiger charge is 2.36. The van der Waals surface area contributed by atoms with Gasteiger partial charge in [0.2, 0.25) is 5.82 Å². The number of carbonyl (C=O) groups is 2. The number of alkyl carbamates (subject to hydrolysis) is 1. The summed E-state index contributed by atoms with van der Waals surface area (Å²) in [7, 11) is 1.13. The van der Waals surface area contributed by atoms with Gasteiger partial charge in [0.25, 0.3) is 0 Å². The Morgan fingerprint density at radius 3 is 2.30 bits per heavy atom. The average Bonchev–Trinajstić information content (AvgIpc) is 2.72. The van der Waals surface area contributed by atoms with Crippen molar-refractivity contribution in [1.29, 1.82) is 0 Å². The number of carbonyl (C=O) groups excluding carboxylic acids is 2. The zero-order valence-electron chi connectivity index (χ0n) is 19.0. The molecule has 0 unspecified atom stereocenters. The number of methoxy groups -OCH3 is 1. The Morgan fingerprint density at radius 1 is 1.12 bits per heavy atom. The van der Waals surface area contributed by atoms with E-state index < -0.39 is 41.7 Å². The van der Waals surface area contributed by atoms with Gasteiger partial charge in [0.05, 0.1) is 7.11 Å². The van der Waals surface area contributed by atoms with Crippen LogP contribution in [0.2, 0.25) is 0 Å². The van der Waals surface area contributed by atoms with Crippen LogP contribution in [0.4, 0.5) is 23.8 Å². The van der Waals surface area contributed by atoms with E-state index in [9.17, 15) is 22.8 Å². The van der Waals surface area contributed by atoms with Crippen LogP contribution in [0, 0.1) is 0 Å². The third kappa shape index (κ3) is 7.92. The molecule has 1 heterocycles. The molecule has 0 aliphatic heterocycles. The number of hydrogen-bond donors (Lipinski definition) is 2. The van der Waals surface area contributed by atoms with E-state index in [0.717, 1.165) is 18.9 Å². The Labute approximate surface area is 189 Å². The minimum atomic E-state index is -4.76. The average molecular weight is 468 g/mol. The van der Waals surface area contributed by atoms with Gasteiger partial charge in [-0.1, -0.05) is 30.3 Å². The van der Waals surface area contributed by atoms with Gasteiger partial charge in [-0.25, -0.2) is 19.6 Å². The molecule has 1 amide bonds. The smallest absolute Gasteiger partial charge is 0.451 e. The molecule has 2 N–H and O–H groups in total. The maximum absolute atomic E-state index is 13.2. The van der Waals surface area contributed by atoms with E-state index in [4.69, 9.17) is 9.47 Å². The highest BCUT2D eigenvalue weighted by Crippen LogP contribution is 2.29. The Kier molecular flexibility index (Phi) is 8.23. The van der Waals surface area contributed by atoms with Crippen molar-refractivity contribution in [2.24, 2.45) is 0 Å². The molecule has 8 nitrogen and oxygen atoms in total. The second kappa shape index (κ2) is 10.5. The van der Waals surface area contributed by atoms with Gasteiger partial charge in [-0.2, -0.15) is 13.2 Å². The van der Waals surface area contributed by atoms with E-state index in [1.165, 1.54) is 0 Å². The number of ether oxygens (including phenoxy) is 2. The zero-order chi connectivity index (χ0) is 24.8. The lowest BCUT2D eigenvalue weighted by Gasteiger charge is -2.23. The van der Waals surface area contributed by atoms with Gasteiger partial charge < -0.3 is 20.1 Å². The minimum absolute atomic E-state index is 0.117. The van der Waals surface area contributed by atoms with Crippen molar-refractivity contribution < 1.29 is 32.2 Å². The van der Waals surface area contributed by atoms with Crippen molar-refractivity contribution in [1.82, 2.24) is 15.3 Å². The summed E-state index contributed by atoms with van der Waals surface area (Å²) in [5, 5.41) is 5.33. The highest BCUT2D eigenvalue weighted by molar-refractivity contribution is 5.82. The second-order valence-corrected chi connectivity index (χ2v) is 8.27. The zero-order valence-corrected chi connectivity index (χ0v) is 19.0. The van der Waals surface area contributed by atoms with Crippen LogP contribution in [-0.2, 0) is 26.9 Å². The first-order chi connectivity index (χ1) is 15.3. The summed E-state index contributed by atoms with van der Waals surface area (Å²) in [6, 6.07) is 7.39. The Bertz CT molecular complexity index is 962. The van der Waals surface area contributed by atoms with Gasteiger partial charge >= 0.3 is 18.2 Å². The fourth-order valence-corrected chi connectivity index (χ4v) is 2.85. The third-order valence-corrected chi connectivity index (χ3v) is 4.37. The molecule has 0 aliphatic rings. The molecule has 0 aliphatic carbocycles. The standard InChI is InChI=1S/C22H27F3N4O4/c1-13(14-9-7-6-8-10-14)27-17-15(12-26-19(29-17)22(23,24)25)11-16(18(30)32-5)28-20(31)33-21(2,3)4/h6-10,12-13,16H,11H2,1-5H3,(H,28,31)(H,26,27,29)/t13-,16+/m0/s1. The summed E-state index contributed by atoms with van der Waals surface area (Å²) in [5.74, 6) is -2.25. The fraction of sp³-hybridized carbons (Fsp3) is 0.455. The quantitative estimate of drug-likeness (QED) is 0.585. The summed E-state index contributed by atoms with van der Waals surface area (Å²) < 4.78 is 49.6. The lowest BCUT2D eigenvalue weighted by atomic mass is 10.1. The largest absolute Gasteiger partial charge is 0.467 e. The van der Waals surface area contributed by atoms with Crippen LogP contribution in [0.5, 0.6) is 0 Å². The van der Waals surface area contributed by atoms with Crippen LogP contribution in [0.1, 0.15) is 50.7 Å². The van der Waals surface area contributed by atoms with Crippen molar-refractivity contribution in [3.05, 3.63) is 53.5 Å². The molecule has 2 aromatic rings. The number of aromatic nitrogens is 2. The molecule has 2 atom stereocenters. The molecule has 0 fully saturated rings. The van der Waals surface area contributed by atoms with E-state index in [1.807, 2.05) is 18.2 Å². The normalized spacial score (nSPS) is 13.6. The molecular weight excluding hydrogens is 441 g/mol. The predicted molar refractivity (Wildman–Crippen MR) is 114 cm³/mol. The number of hydrogen-bond acceptors (Lipinski definition) is 7. The monoisotopic (exact) mass is 468 g/mol. The third-order valence-electron chi connectivity index (χ3n) is 4.37. The molecule has 0 spiro atoms. The Balaban J connectivity index is 2.36. The molecular formula is C22H27F3N4O4. The molecule has 1 aromatic carbocycles. The number of alkyl halides is 3. The SMILES string of the molecule is COC(=O)[C@@H](Cc1cnc(C(F)(F)F)nc1N[C@@H](C)c1ccccc1)NC(=O)OC(C)(C)C. The lowest BCUT2D eigenvalue weighted by Crippen LogP contribution is -2.45. The van der Waals surface area contributed by atoms with Crippen LogP contribution in [0.25, 0.3) is 0 Å². The maximum Gasteiger partial charge on any atom is 0.451 e.